The monoisotopic (exact) mass is 368 g/mol. The Morgan fingerprint density at radius 2 is 1.92 bits per heavy atom. The molecule has 1 aromatic rings. The first-order valence-corrected chi connectivity index (χ1v) is 9.28. The Kier molecular flexibility index (Phi) is 5.91. The second-order valence-electron chi connectivity index (χ2n) is 5.81. The van der Waals surface area contributed by atoms with Crippen molar-refractivity contribution in [2.75, 3.05) is 13.2 Å². The van der Waals surface area contributed by atoms with Crippen molar-refractivity contribution >= 4 is 27.8 Å². The molecule has 1 aliphatic heterocycles. The van der Waals surface area contributed by atoms with E-state index >= 15 is 0 Å². The summed E-state index contributed by atoms with van der Waals surface area (Å²) in [6.07, 6.45) is 0.887. The fourth-order valence-electron chi connectivity index (χ4n) is 2.31. The van der Waals surface area contributed by atoms with Crippen LogP contribution in [0.25, 0.3) is 0 Å². The van der Waals surface area contributed by atoms with Gasteiger partial charge in [-0.05, 0) is 32.4 Å². The maximum Gasteiger partial charge on any atom is 0.324 e. The van der Waals surface area contributed by atoms with E-state index in [-0.39, 0.29) is 10.8 Å². The molecule has 2 rings (SSSR count). The van der Waals surface area contributed by atoms with Crippen LogP contribution in [0, 0.1) is 6.92 Å². The van der Waals surface area contributed by atoms with E-state index in [4.69, 9.17) is 4.74 Å². The number of aryl methyl sites for hydroxylation is 1. The van der Waals surface area contributed by atoms with Crippen molar-refractivity contribution in [3.8, 4) is 0 Å². The van der Waals surface area contributed by atoms with E-state index in [1.807, 2.05) is 6.92 Å². The topological polar surface area (TPSA) is 110 Å². The van der Waals surface area contributed by atoms with Gasteiger partial charge in [-0.15, -0.1) is 0 Å². The first kappa shape index (κ1) is 19.1. The number of imide groups is 1. The third-order valence-corrected chi connectivity index (χ3v) is 5.29. The van der Waals surface area contributed by atoms with Crippen LogP contribution in [0.4, 0.5) is 0 Å². The molecular weight excluding hydrogens is 348 g/mol. The van der Waals surface area contributed by atoms with E-state index in [2.05, 4.69) is 4.72 Å². The zero-order valence-corrected chi connectivity index (χ0v) is 14.8. The predicted molar refractivity (Wildman–Crippen MR) is 87.9 cm³/mol. The van der Waals surface area contributed by atoms with Gasteiger partial charge in [0.05, 0.1) is 4.90 Å². The number of carbonyl (C=O) groups excluding carboxylic acids is 3. The molecule has 2 amide bonds. The van der Waals surface area contributed by atoms with Crippen molar-refractivity contribution < 1.29 is 27.5 Å². The van der Waals surface area contributed by atoms with Crippen LogP contribution in [-0.2, 0) is 29.1 Å². The second kappa shape index (κ2) is 7.75. The van der Waals surface area contributed by atoms with Crippen molar-refractivity contribution in [1.29, 1.82) is 0 Å². The zero-order valence-electron chi connectivity index (χ0n) is 14.0. The van der Waals surface area contributed by atoms with Crippen LogP contribution < -0.4 is 4.72 Å². The smallest absolute Gasteiger partial charge is 0.324 e. The zero-order chi connectivity index (χ0) is 18.6. The van der Waals surface area contributed by atoms with Gasteiger partial charge in [0, 0.05) is 13.0 Å². The number of benzene rings is 1. The molecule has 1 atom stereocenters. The minimum absolute atomic E-state index is 0.0245. The molecule has 1 heterocycles. The summed E-state index contributed by atoms with van der Waals surface area (Å²) in [5.41, 5.74) is 0.904. The van der Waals surface area contributed by atoms with Gasteiger partial charge in [0.2, 0.25) is 15.9 Å². The summed E-state index contributed by atoms with van der Waals surface area (Å²) in [4.78, 5) is 36.2. The molecule has 0 aromatic heterocycles. The lowest BCUT2D eigenvalue weighted by molar-refractivity contribution is -0.155. The minimum Gasteiger partial charge on any atom is -0.454 e. The van der Waals surface area contributed by atoms with E-state index in [1.165, 1.54) is 19.1 Å². The van der Waals surface area contributed by atoms with E-state index < -0.39 is 34.5 Å². The van der Waals surface area contributed by atoms with Gasteiger partial charge in [0.15, 0.2) is 6.61 Å². The standard InChI is InChI=1S/C16H20N2O6S/c1-11-5-7-13(8-6-11)25(22,23)17-12(2)16(21)24-10-15(20)18-9-3-4-14(18)19/h5-8,12,17H,3-4,9-10H2,1-2H3/t12-/m0/s1. The number of carbonyl (C=O) groups is 3. The molecule has 0 aliphatic carbocycles. The van der Waals surface area contributed by atoms with E-state index in [9.17, 15) is 22.8 Å². The van der Waals surface area contributed by atoms with Crippen molar-refractivity contribution in [3.05, 3.63) is 29.8 Å². The molecule has 0 radical (unpaired) electrons. The van der Waals surface area contributed by atoms with E-state index in [0.29, 0.717) is 19.4 Å². The summed E-state index contributed by atoms with van der Waals surface area (Å²) in [5.74, 6) is -1.80. The number of likely N-dealkylation sites (tertiary alicyclic amines) is 1. The number of sulfonamides is 1. The van der Waals surface area contributed by atoms with Gasteiger partial charge < -0.3 is 4.74 Å². The highest BCUT2D eigenvalue weighted by Gasteiger charge is 2.28. The van der Waals surface area contributed by atoms with Gasteiger partial charge >= 0.3 is 5.97 Å². The molecule has 0 unspecified atom stereocenters. The molecule has 1 aliphatic rings. The predicted octanol–water partition coefficient (Wildman–Crippen LogP) is 0.354. The number of esters is 1. The fraction of sp³-hybridized carbons (Fsp3) is 0.438. The SMILES string of the molecule is Cc1ccc(S(=O)(=O)N[C@@H](C)C(=O)OCC(=O)N2CCCC2=O)cc1. The average Bonchev–Trinajstić information content (AvgIpc) is 2.98. The Bertz CT molecular complexity index is 772. The first-order valence-electron chi connectivity index (χ1n) is 7.79. The molecular formula is C16H20N2O6S. The number of ether oxygens (including phenoxy) is 1. The fourth-order valence-corrected chi connectivity index (χ4v) is 3.51. The number of hydrogen-bond donors (Lipinski definition) is 1. The van der Waals surface area contributed by atoms with Gasteiger partial charge in [-0.1, -0.05) is 17.7 Å². The summed E-state index contributed by atoms with van der Waals surface area (Å²) in [6.45, 7) is 2.86. The highest BCUT2D eigenvalue weighted by molar-refractivity contribution is 7.89. The molecule has 0 saturated carbocycles. The number of rotatable bonds is 6. The van der Waals surface area contributed by atoms with Crippen LogP contribution in [0.5, 0.6) is 0 Å². The largest absolute Gasteiger partial charge is 0.454 e. The maximum absolute atomic E-state index is 12.2. The first-order chi connectivity index (χ1) is 11.7. The molecule has 0 bridgehead atoms. The van der Waals surface area contributed by atoms with Crippen LogP contribution >= 0.6 is 0 Å². The summed E-state index contributed by atoms with van der Waals surface area (Å²) >= 11 is 0. The Morgan fingerprint density at radius 3 is 2.48 bits per heavy atom. The van der Waals surface area contributed by atoms with Crippen LogP contribution in [-0.4, -0.2) is 50.3 Å². The third kappa shape index (κ3) is 4.86. The minimum atomic E-state index is -3.88. The van der Waals surface area contributed by atoms with Crippen molar-refractivity contribution in [2.45, 2.75) is 37.6 Å². The Balaban J connectivity index is 1.90. The molecule has 9 heteroatoms. The van der Waals surface area contributed by atoms with E-state index in [1.54, 1.807) is 12.1 Å². The molecule has 8 nitrogen and oxygen atoms in total. The molecule has 136 valence electrons. The molecule has 1 N–H and O–H groups in total. The summed E-state index contributed by atoms with van der Waals surface area (Å²) in [5, 5.41) is 0. The number of nitrogens with one attached hydrogen (secondary N) is 1. The van der Waals surface area contributed by atoms with Crippen LogP contribution in [0.15, 0.2) is 29.2 Å². The van der Waals surface area contributed by atoms with Crippen LogP contribution in [0.2, 0.25) is 0 Å². The third-order valence-electron chi connectivity index (χ3n) is 3.73. The lowest BCUT2D eigenvalue weighted by atomic mass is 10.2. The van der Waals surface area contributed by atoms with Gasteiger partial charge in [-0.2, -0.15) is 4.72 Å². The molecule has 0 spiro atoms. The molecule has 1 saturated heterocycles. The normalized spacial score (nSPS) is 15.9. The van der Waals surface area contributed by atoms with Gasteiger partial charge in [0.25, 0.3) is 5.91 Å². The van der Waals surface area contributed by atoms with E-state index in [0.717, 1.165) is 10.5 Å². The van der Waals surface area contributed by atoms with Crippen molar-refractivity contribution in [2.24, 2.45) is 0 Å². The number of amides is 2. The van der Waals surface area contributed by atoms with Crippen LogP contribution in [0.1, 0.15) is 25.3 Å². The molecule has 1 aromatic carbocycles. The average molecular weight is 368 g/mol. The summed E-state index contributed by atoms with van der Waals surface area (Å²) in [6, 6.07) is 4.97. The van der Waals surface area contributed by atoms with Gasteiger partial charge in [0.1, 0.15) is 6.04 Å². The van der Waals surface area contributed by atoms with Gasteiger partial charge in [-0.3, -0.25) is 19.3 Å². The van der Waals surface area contributed by atoms with Crippen molar-refractivity contribution in [3.63, 3.8) is 0 Å². The van der Waals surface area contributed by atoms with Gasteiger partial charge in [-0.25, -0.2) is 8.42 Å². The lowest BCUT2D eigenvalue weighted by Crippen LogP contribution is -2.41. The molecule has 1 fully saturated rings. The van der Waals surface area contributed by atoms with Crippen molar-refractivity contribution in [1.82, 2.24) is 9.62 Å². The maximum atomic E-state index is 12.2. The summed E-state index contributed by atoms with van der Waals surface area (Å²) < 4.78 is 31.4. The highest BCUT2D eigenvalue weighted by atomic mass is 32.2. The quantitative estimate of drug-likeness (QED) is 0.726. The number of nitrogens with zero attached hydrogens (tertiary/aromatic N) is 1. The Labute approximate surface area is 146 Å². The highest BCUT2D eigenvalue weighted by Crippen LogP contribution is 2.12. The molecule has 25 heavy (non-hydrogen) atoms. The second-order valence-corrected chi connectivity index (χ2v) is 7.52. The van der Waals surface area contributed by atoms with Crippen LogP contribution in [0.3, 0.4) is 0 Å². The number of hydrogen-bond acceptors (Lipinski definition) is 6. The summed E-state index contributed by atoms with van der Waals surface area (Å²) in [7, 11) is -3.88. The Hall–Kier alpha value is -2.26. The Morgan fingerprint density at radius 1 is 1.28 bits per heavy atom. The lowest BCUT2D eigenvalue weighted by Gasteiger charge is -2.16.